The van der Waals surface area contributed by atoms with Crippen molar-refractivity contribution in [2.24, 2.45) is 5.73 Å². The average Bonchev–Trinajstić information content (AvgIpc) is 2.96. The Morgan fingerprint density at radius 2 is 1.96 bits per heavy atom. The second kappa shape index (κ2) is 7.89. The topological polar surface area (TPSA) is 128 Å². The molecule has 1 heterocycles. The minimum atomic E-state index is -1.10. The highest BCUT2D eigenvalue weighted by molar-refractivity contribution is 6.09. The molecule has 1 unspecified atom stereocenters. The van der Waals surface area contributed by atoms with Crippen LogP contribution in [0, 0.1) is 5.82 Å². The smallest absolute Gasteiger partial charge is 0.419 e. The number of benzene rings is 2. The van der Waals surface area contributed by atoms with Crippen molar-refractivity contribution >= 4 is 24.0 Å². The Balaban J connectivity index is 1.70. The van der Waals surface area contributed by atoms with Crippen molar-refractivity contribution in [1.82, 2.24) is 5.32 Å². The number of carboxylic acid groups (broad SMARTS) is 1. The first-order valence-electron chi connectivity index (χ1n) is 8.11. The number of carboxylic acids is 1. The van der Waals surface area contributed by atoms with Crippen molar-refractivity contribution in [3.05, 3.63) is 65.2 Å². The second-order valence-electron chi connectivity index (χ2n) is 5.94. The fraction of sp³-hybridized carbons (Fsp3) is 0.105. The lowest BCUT2D eigenvalue weighted by Crippen LogP contribution is -2.32. The summed E-state index contributed by atoms with van der Waals surface area (Å²) in [6.45, 7) is 0. The Morgan fingerprint density at radius 3 is 2.54 bits per heavy atom. The van der Waals surface area contributed by atoms with E-state index < -0.39 is 29.8 Å². The minimum Gasteiger partial charge on any atom is -0.480 e. The average molecular weight is 386 g/mol. The number of nitrogens with two attached hydrogens (primary N) is 1. The lowest BCUT2D eigenvalue weighted by molar-refractivity contribution is -0.138. The van der Waals surface area contributed by atoms with Crippen molar-refractivity contribution in [2.75, 3.05) is 0 Å². The number of cyclic esters (lactones) is 1. The molecule has 0 aromatic heterocycles. The van der Waals surface area contributed by atoms with E-state index in [9.17, 15) is 18.8 Å². The maximum atomic E-state index is 14.3. The molecule has 1 atom stereocenters. The molecule has 28 heavy (non-hydrogen) atoms. The third kappa shape index (κ3) is 4.51. The zero-order chi connectivity index (χ0) is 20.3. The van der Waals surface area contributed by atoms with Gasteiger partial charge in [-0.3, -0.25) is 14.9 Å². The SMILES string of the molecule is NC(Cc1ccc(Oc2ccc(/C=C3/OC(=O)NC3=O)cc2F)cc1)C(=O)O. The highest BCUT2D eigenvalue weighted by Crippen LogP contribution is 2.26. The van der Waals surface area contributed by atoms with Gasteiger partial charge in [0.2, 0.25) is 0 Å². The number of hydrogen-bond acceptors (Lipinski definition) is 6. The molecule has 9 heteroatoms. The molecule has 1 aliphatic rings. The van der Waals surface area contributed by atoms with Gasteiger partial charge >= 0.3 is 12.1 Å². The van der Waals surface area contributed by atoms with Crippen molar-refractivity contribution in [1.29, 1.82) is 0 Å². The van der Waals surface area contributed by atoms with Crippen molar-refractivity contribution in [3.8, 4) is 11.5 Å². The maximum absolute atomic E-state index is 14.3. The molecule has 0 aliphatic carbocycles. The Labute approximate surface area is 158 Å². The van der Waals surface area contributed by atoms with Gasteiger partial charge in [0.25, 0.3) is 5.91 Å². The number of halogens is 1. The fourth-order valence-electron chi connectivity index (χ4n) is 2.42. The van der Waals surface area contributed by atoms with Gasteiger partial charge in [-0.15, -0.1) is 0 Å². The number of carbonyl (C=O) groups excluding carboxylic acids is 2. The molecule has 8 nitrogen and oxygen atoms in total. The number of amides is 2. The minimum absolute atomic E-state index is 0.0509. The van der Waals surface area contributed by atoms with E-state index in [0.29, 0.717) is 16.9 Å². The summed E-state index contributed by atoms with van der Waals surface area (Å²) in [6.07, 6.45) is 0.503. The van der Waals surface area contributed by atoms with E-state index in [4.69, 9.17) is 15.6 Å². The zero-order valence-corrected chi connectivity index (χ0v) is 14.3. The van der Waals surface area contributed by atoms with Gasteiger partial charge in [-0.2, -0.15) is 0 Å². The molecule has 1 saturated heterocycles. The molecule has 144 valence electrons. The van der Waals surface area contributed by atoms with Crippen LogP contribution in [0.5, 0.6) is 11.5 Å². The number of hydrogen-bond donors (Lipinski definition) is 3. The van der Waals surface area contributed by atoms with Crippen LogP contribution in [-0.4, -0.2) is 29.1 Å². The second-order valence-corrected chi connectivity index (χ2v) is 5.94. The molecule has 0 radical (unpaired) electrons. The molecule has 1 aliphatic heterocycles. The van der Waals surface area contributed by atoms with Gasteiger partial charge in [-0.05, 0) is 47.9 Å². The third-order valence-corrected chi connectivity index (χ3v) is 3.82. The van der Waals surface area contributed by atoms with Gasteiger partial charge < -0.3 is 20.3 Å². The van der Waals surface area contributed by atoms with Gasteiger partial charge in [0.15, 0.2) is 17.3 Å². The van der Waals surface area contributed by atoms with E-state index in [0.717, 1.165) is 6.07 Å². The van der Waals surface area contributed by atoms with Crippen molar-refractivity contribution in [2.45, 2.75) is 12.5 Å². The molecule has 2 amide bonds. The summed E-state index contributed by atoms with van der Waals surface area (Å²) in [5.74, 6) is -2.41. The Hall–Kier alpha value is -3.72. The lowest BCUT2D eigenvalue weighted by Gasteiger charge is -2.10. The number of rotatable bonds is 6. The largest absolute Gasteiger partial charge is 0.480 e. The first kappa shape index (κ1) is 19.1. The Bertz CT molecular complexity index is 971. The first-order chi connectivity index (χ1) is 13.3. The van der Waals surface area contributed by atoms with E-state index >= 15 is 0 Å². The number of aliphatic carboxylic acids is 1. The lowest BCUT2D eigenvalue weighted by atomic mass is 10.1. The summed E-state index contributed by atoms with van der Waals surface area (Å²) in [5, 5.41) is 10.8. The molecule has 2 aromatic carbocycles. The van der Waals surface area contributed by atoms with Crippen LogP contribution in [0.1, 0.15) is 11.1 Å². The summed E-state index contributed by atoms with van der Waals surface area (Å²) in [4.78, 5) is 33.2. The van der Waals surface area contributed by atoms with E-state index in [2.05, 4.69) is 4.74 Å². The number of nitrogens with one attached hydrogen (secondary N) is 1. The van der Waals surface area contributed by atoms with Gasteiger partial charge in [0, 0.05) is 0 Å². The maximum Gasteiger partial charge on any atom is 0.419 e. The molecule has 0 bridgehead atoms. The van der Waals surface area contributed by atoms with Crippen molar-refractivity contribution in [3.63, 3.8) is 0 Å². The molecule has 0 saturated carbocycles. The summed E-state index contributed by atoms with van der Waals surface area (Å²) in [5.41, 5.74) is 6.49. The van der Waals surface area contributed by atoms with Crippen LogP contribution in [0.2, 0.25) is 0 Å². The Kier molecular flexibility index (Phi) is 5.37. The predicted octanol–water partition coefficient (Wildman–Crippen LogP) is 2.18. The predicted molar refractivity (Wildman–Crippen MR) is 94.8 cm³/mol. The van der Waals surface area contributed by atoms with Gasteiger partial charge in [0.05, 0.1) is 0 Å². The number of carbonyl (C=O) groups is 3. The van der Waals surface area contributed by atoms with Gasteiger partial charge in [-0.25, -0.2) is 9.18 Å². The first-order valence-corrected chi connectivity index (χ1v) is 8.11. The molecular formula is C19H15FN2O6. The molecule has 0 spiro atoms. The monoisotopic (exact) mass is 386 g/mol. The van der Waals surface area contributed by atoms with Crippen LogP contribution in [0.4, 0.5) is 9.18 Å². The third-order valence-electron chi connectivity index (χ3n) is 3.82. The summed E-state index contributed by atoms with van der Waals surface area (Å²) < 4.78 is 24.4. The molecule has 2 aromatic rings. The zero-order valence-electron chi connectivity index (χ0n) is 14.3. The van der Waals surface area contributed by atoms with Crippen molar-refractivity contribution < 1.29 is 33.4 Å². The van der Waals surface area contributed by atoms with Gasteiger partial charge in [-0.1, -0.05) is 18.2 Å². The summed E-state index contributed by atoms with van der Waals surface area (Å²) in [6, 6.07) is 9.40. The van der Waals surface area contributed by atoms with Crippen LogP contribution >= 0.6 is 0 Å². The highest BCUT2D eigenvalue weighted by atomic mass is 19.1. The van der Waals surface area contributed by atoms with E-state index in [-0.39, 0.29) is 17.9 Å². The number of alkyl carbamates (subject to hydrolysis) is 1. The number of ether oxygens (including phenoxy) is 2. The van der Waals surface area contributed by atoms with E-state index in [1.165, 1.54) is 18.2 Å². The standard InChI is InChI=1S/C19H15FN2O6/c20-13-7-11(9-16-17(23)22-19(26)28-16)3-6-15(13)27-12-4-1-10(2-5-12)8-14(21)18(24)25/h1-7,9,14H,8,21H2,(H,24,25)(H,22,23,26)/b16-9+. The summed E-state index contributed by atoms with van der Waals surface area (Å²) in [7, 11) is 0. The number of imide groups is 1. The molecular weight excluding hydrogens is 371 g/mol. The van der Waals surface area contributed by atoms with Crippen LogP contribution in [-0.2, 0) is 20.7 Å². The van der Waals surface area contributed by atoms with Gasteiger partial charge in [0.1, 0.15) is 11.8 Å². The quantitative estimate of drug-likeness (QED) is 0.649. The molecule has 3 rings (SSSR count). The van der Waals surface area contributed by atoms with E-state index in [1.807, 2.05) is 5.32 Å². The Morgan fingerprint density at radius 1 is 1.25 bits per heavy atom. The van der Waals surface area contributed by atoms with Crippen LogP contribution < -0.4 is 15.8 Å². The molecule has 1 fully saturated rings. The van der Waals surface area contributed by atoms with Crippen LogP contribution in [0.25, 0.3) is 6.08 Å². The summed E-state index contributed by atoms with van der Waals surface area (Å²) >= 11 is 0. The van der Waals surface area contributed by atoms with Crippen LogP contribution in [0.3, 0.4) is 0 Å². The van der Waals surface area contributed by atoms with Crippen LogP contribution in [0.15, 0.2) is 48.2 Å². The highest BCUT2D eigenvalue weighted by Gasteiger charge is 2.26. The molecule has 4 N–H and O–H groups in total. The fourth-order valence-corrected chi connectivity index (χ4v) is 2.42. The normalized spacial score (nSPS) is 15.9. The van der Waals surface area contributed by atoms with E-state index in [1.54, 1.807) is 24.3 Å².